The van der Waals surface area contributed by atoms with Crippen molar-refractivity contribution < 1.29 is 0 Å². The molecular weight excluding hydrogens is 200 g/mol. The number of nitrogens with zero attached hydrogens (tertiary/aromatic N) is 3. The molecule has 1 aromatic carbocycles. The van der Waals surface area contributed by atoms with Gasteiger partial charge in [0.25, 0.3) is 0 Å². The summed E-state index contributed by atoms with van der Waals surface area (Å²) in [4.78, 5) is 7.88. The summed E-state index contributed by atoms with van der Waals surface area (Å²) in [6, 6.07) is 11.9. The Morgan fingerprint density at radius 1 is 1.25 bits per heavy atom. The van der Waals surface area contributed by atoms with Crippen LogP contribution in [0.1, 0.15) is 16.8 Å². The Balaban J connectivity index is 2.35. The summed E-state index contributed by atoms with van der Waals surface area (Å²) in [5.41, 5.74) is 7.74. The minimum absolute atomic E-state index is 0.199. The molecule has 2 aromatic rings. The van der Waals surface area contributed by atoms with Crippen LogP contribution in [-0.4, -0.2) is 9.97 Å². The molecule has 1 aromatic heterocycles. The lowest BCUT2D eigenvalue weighted by atomic mass is 10.1. The summed E-state index contributed by atoms with van der Waals surface area (Å²) >= 11 is 0. The molecular formula is C12H10N4. The molecule has 0 aliphatic carbocycles. The van der Waals surface area contributed by atoms with Crippen LogP contribution in [0.4, 0.5) is 5.95 Å². The van der Waals surface area contributed by atoms with Crippen LogP contribution in [0.25, 0.3) is 0 Å². The second kappa shape index (κ2) is 4.41. The molecule has 0 bridgehead atoms. The molecule has 4 nitrogen and oxygen atoms in total. The molecule has 16 heavy (non-hydrogen) atoms. The van der Waals surface area contributed by atoms with Crippen LogP contribution in [-0.2, 0) is 6.42 Å². The number of nitrogens with two attached hydrogens (primary N) is 1. The van der Waals surface area contributed by atoms with Gasteiger partial charge >= 0.3 is 0 Å². The molecule has 0 radical (unpaired) electrons. The van der Waals surface area contributed by atoms with Crippen molar-refractivity contribution in [1.29, 1.82) is 5.26 Å². The van der Waals surface area contributed by atoms with Gasteiger partial charge in [0.1, 0.15) is 6.07 Å². The third-order valence-electron chi connectivity index (χ3n) is 2.22. The van der Waals surface area contributed by atoms with Gasteiger partial charge < -0.3 is 5.73 Å². The molecule has 0 aliphatic rings. The quantitative estimate of drug-likeness (QED) is 0.815. The SMILES string of the molecule is N#Cc1cnc(N)nc1Cc1ccccc1. The number of hydrogen-bond acceptors (Lipinski definition) is 4. The van der Waals surface area contributed by atoms with E-state index in [1.54, 1.807) is 0 Å². The lowest BCUT2D eigenvalue weighted by Gasteiger charge is -2.03. The van der Waals surface area contributed by atoms with Crippen LogP contribution < -0.4 is 5.73 Å². The average Bonchev–Trinajstić information content (AvgIpc) is 2.31. The highest BCUT2D eigenvalue weighted by Gasteiger charge is 2.06. The summed E-state index contributed by atoms with van der Waals surface area (Å²) in [6.07, 6.45) is 2.05. The zero-order valence-electron chi connectivity index (χ0n) is 8.59. The zero-order chi connectivity index (χ0) is 11.4. The van der Waals surface area contributed by atoms with Gasteiger partial charge in [-0.3, -0.25) is 0 Å². The van der Waals surface area contributed by atoms with E-state index in [0.717, 1.165) is 5.56 Å². The Morgan fingerprint density at radius 3 is 2.69 bits per heavy atom. The number of nitriles is 1. The Hall–Kier alpha value is -2.41. The summed E-state index contributed by atoms with van der Waals surface area (Å²) in [7, 11) is 0. The fourth-order valence-corrected chi connectivity index (χ4v) is 1.45. The van der Waals surface area contributed by atoms with Gasteiger partial charge in [-0.2, -0.15) is 5.26 Å². The number of rotatable bonds is 2. The third-order valence-corrected chi connectivity index (χ3v) is 2.22. The van der Waals surface area contributed by atoms with E-state index < -0.39 is 0 Å². The molecule has 0 saturated heterocycles. The molecule has 1 heterocycles. The fraction of sp³-hybridized carbons (Fsp3) is 0.0833. The lowest BCUT2D eigenvalue weighted by Crippen LogP contribution is -2.02. The number of hydrogen-bond donors (Lipinski definition) is 1. The molecule has 2 N–H and O–H groups in total. The van der Waals surface area contributed by atoms with E-state index in [4.69, 9.17) is 11.0 Å². The van der Waals surface area contributed by atoms with E-state index in [-0.39, 0.29) is 5.95 Å². The number of benzene rings is 1. The summed E-state index contributed by atoms with van der Waals surface area (Å²) in [6.45, 7) is 0. The summed E-state index contributed by atoms with van der Waals surface area (Å²) in [5, 5.41) is 8.92. The number of aromatic nitrogens is 2. The highest BCUT2D eigenvalue weighted by molar-refractivity contribution is 5.37. The zero-order valence-corrected chi connectivity index (χ0v) is 8.59. The predicted octanol–water partition coefficient (Wildman–Crippen LogP) is 1.52. The van der Waals surface area contributed by atoms with Crippen molar-refractivity contribution in [1.82, 2.24) is 9.97 Å². The van der Waals surface area contributed by atoms with E-state index in [1.807, 2.05) is 30.3 Å². The molecule has 0 saturated carbocycles. The van der Waals surface area contributed by atoms with E-state index in [1.165, 1.54) is 6.20 Å². The van der Waals surface area contributed by atoms with Gasteiger partial charge in [-0.25, -0.2) is 9.97 Å². The first-order chi connectivity index (χ1) is 7.79. The van der Waals surface area contributed by atoms with E-state index in [0.29, 0.717) is 17.7 Å². The van der Waals surface area contributed by atoms with Crippen molar-refractivity contribution in [3.8, 4) is 6.07 Å². The molecule has 2 rings (SSSR count). The Labute approximate surface area is 93.4 Å². The molecule has 0 amide bonds. The molecule has 0 spiro atoms. The van der Waals surface area contributed by atoms with Gasteiger partial charge in [-0.05, 0) is 5.56 Å². The van der Waals surface area contributed by atoms with E-state index in [2.05, 4.69) is 16.0 Å². The first-order valence-electron chi connectivity index (χ1n) is 4.85. The molecule has 78 valence electrons. The van der Waals surface area contributed by atoms with Gasteiger partial charge in [0.15, 0.2) is 0 Å². The smallest absolute Gasteiger partial charge is 0.220 e. The summed E-state index contributed by atoms with van der Waals surface area (Å²) < 4.78 is 0. The standard InChI is InChI=1S/C12H10N4/c13-7-10-8-15-12(14)16-11(10)6-9-4-2-1-3-5-9/h1-5,8H,6H2,(H2,14,15,16). The van der Waals surface area contributed by atoms with Crippen LogP contribution in [0.3, 0.4) is 0 Å². The van der Waals surface area contributed by atoms with Crippen LogP contribution in [0.5, 0.6) is 0 Å². The number of nitrogen functional groups attached to an aromatic ring is 1. The third kappa shape index (κ3) is 2.15. The van der Waals surface area contributed by atoms with Crippen molar-refractivity contribution in [2.45, 2.75) is 6.42 Å². The molecule has 0 atom stereocenters. The van der Waals surface area contributed by atoms with Gasteiger partial charge in [-0.15, -0.1) is 0 Å². The van der Waals surface area contributed by atoms with Crippen molar-refractivity contribution in [2.75, 3.05) is 5.73 Å². The first-order valence-corrected chi connectivity index (χ1v) is 4.85. The maximum atomic E-state index is 8.92. The fourth-order valence-electron chi connectivity index (χ4n) is 1.45. The monoisotopic (exact) mass is 210 g/mol. The van der Waals surface area contributed by atoms with Crippen molar-refractivity contribution in [3.63, 3.8) is 0 Å². The molecule has 4 heteroatoms. The van der Waals surface area contributed by atoms with Crippen molar-refractivity contribution >= 4 is 5.95 Å². The molecule has 0 fully saturated rings. The highest BCUT2D eigenvalue weighted by Crippen LogP contribution is 2.11. The molecule has 0 aliphatic heterocycles. The summed E-state index contributed by atoms with van der Waals surface area (Å²) in [5.74, 6) is 0.199. The Kier molecular flexibility index (Phi) is 2.79. The van der Waals surface area contributed by atoms with Gasteiger partial charge in [0.2, 0.25) is 5.95 Å². The minimum Gasteiger partial charge on any atom is -0.368 e. The maximum absolute atomic E-state index is 8.92. The second-order valence-electron chi connectivity index (χ2n) is 3.36. The highest BCUT2D eigenvalue weighted by atomic mass is 15.0. The van der Waals surface area contributed by atoms with Crippen LogP contribution >= 0.6 is 0 Å². The first kappa shape index (κ1) is 10.1. The van der Waals surface area contributed by atoms with Gasteiger partial charge in [0.05, 0.1) is 17.5 Å². The normalized spacial score (nSPS) is 9.69. The van der Waals surface area contributed by atoms with Crippen molar-refractivity contribution in [3.05, 3.63) is 53.3 Å². The van der Waals surface area contributed by atoms with Crippen molar-refractivity contribution in [2.24, 2.45) is 0 Å². The van der Waals surface area contributed by atoms with Gasteiger partial charge in [0, 0.05) is 6.42 Å². The topological polar surface area (TPSA) is 75.6 Å². The van der Waals surface area contributed by atoms with Crippen LogP contribution in [0.15, 0.2) is 36.5 Å². The largest absolute Gasteiger partial charge is 0.368 e. The Morgan fingerprint density at radius 2 is 2.00 bits per heavy atom. The molecule has 0 unspecified atom stereocenters. The predicted molar refractivity (Wildman–Crippen MR) is 60.4 cm³/mol. The number of anilines is 1. The van der Waals surface area contributed by atoms with Crippen LogP contribution in [0, 0.1) is 11.3 Å². The maximum Gasteiger partial charge on any atom is 0.220 e. The van der Waals surface area contributed by atoms with E-state index >= 15 is 0 Å². The average molecular weight is 210 g/mol. The lowest BCUT2D eigenvalue weighted by molar-refractivity contribution is 1.03. The van der Waals surface area contributed by atoms with Gasteiger partial charge in [-0.1, -0.05) is 30.3 Å². The second-order valence-corrected chi connectivity index (χ2v) is 3.36. The minimum atomic E-state index is 0.199. The Bertz CT molecular complexity index is 528. The van der Waals surface area contributed by atoms with Crippen LogP contribution in [0.2, 0.25) is 0 Å². The van der Waals surface area contributed by atoms with E-state index in [9.17, 15) is 0 Å².